The Morgan fingerprint density at radius 1 is 1.08 bits per heavy atom. The van der Waals surface area contributed by atoms with E-state index in [1.54, 1.807) is 0 Å². The highest BCUT2D eigenvalue weighted by Crippen LogP contribution is 2.23. The Morgan fingerprint density at radius 3 is 2.42 bits per heavy atom. The van der Waals surface area contributed by atoms with E-state index < -0.39 is 9.84 Å². The Balaban J connectivity index is 1.56. The van der Waals surface area contributed by atoms with Gasteiger partial charge in [-0.15, -0.1) is 0 Å². The minimum atomic E-state index is -2.89. The lowest BCUT2D eigenvalue weighted by Gasteiger charge is -2.34. The Bertz CT molecular complexity index is 696. The number of aryl methyl sites for hydroxylation is 1. The standard InChI is InChI=1S/C18H31N5O2S/c1-15-14-17(21-18(20-15)23-9-4-3-5-10-23)22-11-6-16(7-12-22)19-8-13-26(2,24)25/h14,16,19H,3-13H2,1-2H3. The van der Waals surface area contributed by atoms with Crippen molar-refractivity contribution in [3.05, 3.63) is 11.8 Å². The second-order valence-electron chi connectivity index (χ2n) is 7.56. The molecule has 2 saturated heterocycles. The molecule has 7 nitrogen and oxygen atoms in total. The van der Waals surface area contributed by atoms with Crippen LogP contribution in [0.4, 0.5) is 11.8 Å². The Hall–Kier alpha value is -1.41. The van der Waals surface area contributed by atoms with Crippen molar-refractivity contribution in [2.75, 3.05) is 54.5 Å². The molecule has 0 aromatic carbocycles. The number of nitrogens with zero attached hydrogens (tertiary/aromatic N) is 4. The van der Waals surface area contributed by atoms with Gasteiger partial charge in [0.05, 0.1) is 5.75 Å². The van der Waals surface area contributed by atoms with Crippen LogP contribution in [0.1, 0.15) is 37.8 Å². The van der Waals surface area contributed by atoms with Gasteiger partial charge in [-0.25, -0.2) is 13.4 Å². The molecule has 1 aromatic rings. The average Bonchev–Trinajstić information content (AvgIpc) is 2.61. The third-order valence-corrected chi connectivity index (χ3v) is 6.14. The van der Waals surface area contributed by atoms with Crippen LogP contribution in [0.15, 0.2) is 6.07 Å². The number of sulfone groups is 1. The molecule has 2 aliphatic rings. The van der Waals surface area contributed by atoms with Crippen molar-refractivity contribution in [2.45, 2.75) is 45.1 Å². The van der Waals surface area contributed by atoms with E-state index in [9.17, 15) is 8.42 Å². The van der Waals surface area contributed by atoms with Crippen molar-refractivity contribution in [1.82, 2.24) is 15.3 Å². The van der Waals surface area contributed by atoms with E-state index in [1.165, 1.54) is 25.5 Å². The SMILES string of the molecule is Cc1cc(N2CCC(NCCS(C)(=O)=O)CC2)nc(N2CCCCC2)n1. The van der Waals surface area contributed by atoms with E-state index >= 15 is 0 Å². The molecule has 3 rings (SSSR count). The van der Waals surface area contributed by atoms with E-state index in [0.29, 0.717) is 12.6 Å². The summed E-state index contributed by atoms with van der Waals surface area (Å²) in [6.07, 6.45) is 7.04. The first-order chi connectivity index (χ1) is 12.4. The summed E-state index contributed by atoms with van der Waals surface area (Å²) in [5.74, 6) is 2.10. The second-order valence-corrected chi connectivity index (χ2v) is 9.82. The fourth-order valence-electron chi connectivity index (χ4n) is 3.70. The maximum Gasteiger partial charge on any atom is 0.227 e. The first-order valence-electron chi connectivity index (χ1n) is 9.67. The Kier molecular flexibility index (Phi) is 6.34. The van der Waals surface area contributed by atoms with Gasteiger partial charge >= 0.3 is 0 Å². The third-order valence-electron chi connectivity index (χ3n) is 5.19. The van der Waals surface area contributed by atoms with Crippen molar-refractivity contribution in [2.24, 2.45) is 0 Å². The van der Waals surface area contributed by atoms with E-state index in [4.69, 9.17) is 4.98 Å². The van der Waals surface area contributed by atoms with Gasteiger partial charge in [0, 0.05) is 56.8 Å². The smallest absolute Gasteiger partial charge is 0.227 e. The van der Waals surface area contributed by atoms with Crippen molar-refractivity contribution < 1.29 is 8.42 Å². The zero-order chi connectivity index (χ0) is 18.6. The van der Waals surface area contributed by atoms with Crippen LogP contribution in [-0.4, -0.2) is 69.2 Å². The lowest BCUT2D eigenvalue weighted by molar-refractivity contribution is 0.422. The molecule has 0 atom stereocenters. The number of nitrogens with one attached hydrogen (secondary N) is 1. The van der Waals surface area contributed by atoms with Crippen LogP contribution in [0.2, 0.25) is 0 Å². The van der Waals surface area contributed by atoms with E-state index in [-0.39, 0.29) is 5.75 Å². The Morgan fingerprint density at radius 2 is 1.77 bits per heavy atom. The van der Waals surface area contributed by atoms with Gasteiger partial charge in [-0.2, -0.15) is 4.98 Å². The summed E-state index contributed by atoms with van der Waals surface area (Å²) in [6.45, 7) is 6.55. The second kappa shape index (κ2) is 8.52. The molecule has 2 fully saturated rings. The van der Waals surface area contributed by atoms with Gasteiger partial charge in [0.1, 0.15) is 15.7 Å². The molecule has 0 radical (unpaired) electrons. The predicted octanol–water partition coefficient (Wildman–Crippen LogP) is 1.38. The van der Waals surface area contributed by atoms with Crippen LogP contribution in [0.3, 0.4) is 0 Å². The average molecular weight is 382 g/mol. The predicted molar refractivity (Wildman–Crippen MR) is 106 cm³/mol. The van der Waals surface area contributed by atoms with Gasteiger partial charge in [0.2, 0.25) is 5.95 Å². The zero-order valence-electron chi connectivity index (χ0n) is 15.9. The van der Waals surface area contributed by atoms with Crippen LogP contribution < -0.4 is 15.1 Å². The van der Waals surface area contributed by atoms with Gasteiger partial charge in [-0.3, -0.25) is 0 Å². The largest absolute Gasteiger partial charge is 0.356 e. The fourth-order valence-corrected chi connectivity index (χ4v) is 4.18. The molecule has 0 amide bonds. The maximum atomic E-state index is 11.2. The summed E-state index contributed by atoms with van der Waals surface area (Å²) in [6, 6.07) is 2.46. The molecular weight excluding hydrogens is 350 g/mol. The number of hydrogen-bond donors (Lipinski definition) is 1. The fraction of sp³-hybridized carbons (Fsp3) is 0.778. The lowest BCUT2D eigenvalue weighted by atomic mass is 10.1. The number of hydrogen-bond acceptors (Lipinski definition) is 7. The maximum absolute atomic E-state index is 11.2. The summed E-state index contributed by atoms with van der Waals surface area (Å²) in [5, 5.41) is 3.38. The highest BCUT2D eigenvalue weighted by molar-refractivity contribution is 7.90. The first kappa shape index (κ1) is 19.4. The summed E-state index contributed by atoms with van der Waals surface area (Å²) in [4.78, 5) is 14.1. The van der Waals surface area contributed by atoms with Crippen molar-refractivity contribution >= 4 is 21.6 Å². The zero-order valence-corrected chi connectivity index (χ0v) is 16.8. The minimum Gasteiger partial charge on any atom is -0.356 e. The molecule has 26 heavy (non-hydrogen) atoms. The molecule has 2 aliphatic heterocycles. The summed E-state index contributed by atoms with van der Waals surface area (Å²) in [5.41, 5.74) is 1.02. The number of rotatable bonds is 6. The van der Waals surface area contributed by atoms with Gasteiger partial charge in [-0.05, 0) is 39.0 Å². The molecule has 146 valence electrons. The molecular formula is C18H31N5O2S. The molecule has 0 saturated carbocycles. The first-order valence-corrected chi connectivity index (χ1v) is 11.7. The summed E-state index contributed by atoms with van der Waals surface area (Å²) >= 11 is 0. The van der Waals surface area contributed by atoms with Crippen LogP contribution >= 0.6 is 0 Å². The number of anilines is 2. The highest BCUT2D eigenvalue weighted by Gasteiger charge is 2.22. The molecule has 0 bridgehead atoms. The quantitative estimate of drug-likeness (QED) is 0.797. The number of piperidine rings is 2. The molecule has 1 aromatic heterocycles. The van der Waals surface area contributed by atoms with Crippen LogP contribution in [0, 0.1) is 6.92 Å². The molecule has 1 N–H and O–H groups in total. The van der Waals surface area contributed by atoms with Crippen molar-refractivity contribution in [3.8, 4) is 0 Å². The topological polar surface area (TPSA) is 78.4 Å². The molecule has 0 aliphatic carbocycles. The monoisotopic (exact) mass is 381 g/mol. The van der Waals surface area contributed by atoms with E-state index in [0.717, 1.165) is 56.5 Å². The van der Waals surface area contributed by atoms with E-state index in [2.05, 4.69) is 26.2 Å². The molecule has 8 heteroatoms. The van der Waals surface area contributed by atoms with Gasteiger partial charge in [0.15, 0.2) is 0 Å². The van der Waals surface area contributed by atoms with Crippen LogP contribution in [0.25, 0.3) is 0 Å². The van der Waals surface area contributed by atoms with Crippen molar-refractivity contribution in [3.63, 3.8) is 0 Å². The summed E-state index contributed by atoms with van der Waals surface area (Å²) < 4.78 is 22.5. The van der Waals surface area contributed by atoms with Gasteiger partial charge < -0.3 is 15.1 Å². The van der Waals surface area contributed by atoms with Crippen LogP contribution in [-0.2, 0) is 9.84 Å². The normalized spacial score (nSPS) is 19.8. The molecule has 0 unspecified atom stereocenters. The highest BCUT2D eigenvalue weighted by atomic mass is 32.2. The summed E-state index contributed by atoms with van der Waals surface area (Å²) in [7, 11) is -2.89. The minimum absolute atomic E-state index is 0.206. The number of aromatic nitrogens is 2. The Labute approximate surface area is 157 Å². The van der Waals surface area contributed by atoms with Crippen LogP contribution in [0.5, 0.6) is 0 Å². The van der Waals surface area contributed by atoms with Gasteiger partial charge in [-0.1, -0.05) is 0 Å². The van der Waals surface area contributed by atoms with E-state index in [1.807, 2.05) is 6.92 Å². The lowest BCUT2D eigenvalue weighted by Crippen LogP contribution is -2.44. The van der Waals surface area contributed by atoms with Crippen molar-refractivity contribution in [1.29, 1.82) is 0 Å². The molecule has 0 spiro atoms. The third kappa shape index (κ3) is 5.54. The molecule has 3 heterocycles. The van der Waals surface area contributed by atoms with Gasteiger partial charge in [0.25, 0.3) is 0 Å².